The van der Waals surface area contributed by atoms with Crippen LogP contribution in [-0.2, 0) is 23.1 Å². The van der Waals surface area contributed by atoms with Crippen molar-refractivity contribution in [3.8, 4) is 0 Å². The Balaban J connectivity index is 1.99. The Morgan fingerprint density at radius 1 is 1.50 bits per heavy atom. The Hall–Kier alpha value is -1.71. The zero-order valence-electron chi connectivity index (χ0n) is 9.57. The molecule has 4 N–H and O–H groups in total. The Labute approximate surface area is 104 Å². The molecule has 2 rings (SSSR count). The second kappa shape index (κ2) is 5.29. The standard InChI is InChI=1S/C9H14N6O2S/c10-6-8-7-11-14-9(8)18(16,17)13-3-5-15-4-1-2-12-15/h1-2,4,7,13H,3,5-6,10H2,(H,11,14). The largest absolute Gasteiger partial charge is 0.326 e. The number of hydrogen-bond acceptors (Lipinski definition) is 5. The van der Waals surface area contributed by atoms with E-state index in [4.69, 9.17) is 5.73 Å². The third-order valence-corrected chi connectivity index (χ3v) is 3.83. The summed E-state index contributed by atoms with van der Waals surface area (Å²) in [5.41, 5.74) is 5.89. The van der Waals surface area contributed by atoms with Crippen molar-refractivity contribution in [1.29, 1.82) is 0 Å². The topological polar surface area (TPSA) is 119 Å². The Morgan fingerprint density at radius 3 is 3.00 bits per heavy atom. The van der Waals surface area contributed by atoms with Gasteiger partial charge in [0.1, 0.15) is 0 Å². The number of rotatable bonds is 6. The molecule has 2 aromatic heterocycles. The minimum atomic E-state index is -3.60. The number of hydrogen-bond donors (Lipinski definition) is 3. The molecule has 2 aromatic rings. The van der Waals surface area contributed by atoms with Crippen molar-refractivity contribution in [2.75, 3.05) is 6.54 Å². The number of nitrogens with one attached hydrogen (secondary N) is 2. The number of nitrogens with two attached hydrogens (primary N) is 1. The van der Waals surface area contributed by atoms with E-state index in [1.54, 1.807) is 23.1 Å². The summed E-state index contributed by atoms with van der Waals surface area (Å²) >= 11 is 0. The van der Waals surface area contributed by atoms with E-state index in [1.807, 2.05) is 0 Å². The first kappa shape index (κ1) is 12.7. The number of H-pyrrole nitrogens is 1. The molecule has 8 nitrogen and oxygen atoms in total. The van der Waals surface area contributed by atoms with Crippen molar-refractivity contribution >= 4 is 10.0 Å². The SMILES string of the molecule is NCc1cn[nH]c1S(=O)(=O)NCCn1cccn1. The number of nitrogens with zero attached hydrogens (tertiary/aromatic N) is 3. The van der Waals surface area contributed by atoms with E-state index in [9.17, 15) is 8.42 Å². The molecule has 0 bridgehead atoms. The van der Waals surface area contributed by atoms with Gasteiger partial charge in [-0.1, -0.05) is 0 Å². The molecule has 0 unspecified atom stereocenters. The van der Waals surface area contributed by atoms with Gasteiger partial charge in [0, 0.05) is 31.0 Å². The highest BCUT2D eigenvalue weighted by Crippen LogP contribution is 2.10. The predicted octanol–water partition coefficient (Wildman–Crippen LogP) is -0.957. The Bertz CT molecular complexity index is 588. The summed E-state index contributed by atoms with van der Waals surface area (Å²) in [5, 5.41) is 10.1. The number of aromatic nitrogens is 4. The van der Waals surface area contributed by atoms with Gasteiger partial charge in [0.15, 0.2) is 5.03 Å². The normalized spacial score (nSPS) is 11.8. The van der Waals surface area contributed by atoms with Crippen LogP contribution in [0.25, 0.3) is 0 Å². The van der Waals surface area contributed by atoms with E-state index in [0.29, 0.717) is 12.1 Å². The maximum Gasteiger partial charge on any atom is 0.257 e. The highest BCUT2D eigenvalue weighted by Gasteiger charge is 2.19. The van der Waals surface area contributed by atoms with Crippen molar-refractivity contribution in [2.45, 2.75) is 18.1 Å². The van der Waals surface area contributed by atoms with Crippen LogP contribution in [-0.4, -0.2) is 34.9 Å². The maximum atomic E-state index is 11.9. The molecule has 0 aromatic carbocycles. The molecule has 0 aliphatic heterocycles. The number of aromatic amines is 1. The van der Waals surface area contributed by atoms with Gasteiger partial charge >= 0.3 is 0 Å². The zero-order chi connectivity index (χ0) is 13.0. The van der Waals surface area contributed by atoms with Crippen LogP contribution >= 0.6 is 0 Å². The van der Waals surface area contributed by atoms with Crippen LogP contribution in [0.3, 0.4) is 0 Å². The average Bonchev–Trinajstić information content (AvgIpc) is 2.99. The molecule has 0 fully saturated rings. The van der Waals surface area contributed by atoms with E-state index >= 15 is 0 Å². The molecule has 2 heterocycles. The third kappa shape index (κ3) is 2.75. The monoisotopic (exact) mass is 270 g/mol. The molecule has 0 amide bonds. The molecule has 98 valence electrons. The lowest BCUT2D eigenvalue weighted by Gasteiger charge is -2.06. The van der Waals surface area contributed by atoms with Gasteiger partial charge in [-0.2, -0.15) is 10.2 Å². The molecule has 9 heteroatoms. The third-order valence-electron chi connectivity index (χ3n) is 2.36. The second-order valence-corrected chi connectivity index (χ2v) is 5.30. The van der Waals surface area contributed by atoms with Crippen molar-refractivity contribution in [1.82, 2.24) is 24.7 Å². The summed E-state index contributed by atoms with van der Waals surface area (Å²) in [6, 6.07) is 1.77. The smallest absolute Gasteiger partial charge is 0.257 e. The minimum absolute atomic E-state index is 0.0189. The molecular formula is C9H14N6O2S. The van der Waals surface area contributed by atoms with Gasteiger partial charge < -0.3 is 5.73 Å². The molecule has 0 aliphatic carbocycles. The van der Waals surface area contributed by atoms with Crippen molar-refractivity contribution < 1.29 is 8.42 Å². The fraction of sp³-hybridized carbons (Fsp3) is 0.333. The lowest BCUT2D eigenvalue weighted by Crippen LogP contribution is -2.28. The first-order valence-corrected chi connectivity index (χ1v) is 6.81. The second-order valence-electron chi connectivity index (χ2n) is 3.60. The van der Waals surface area contributed by atoms with Crippen molar-refractivity contribution in [2.24, 2.45) is 5.73 Å². The van der Waals surface area contributed by atoms with Crippen LogP contribution in [0.15, 0.2) is 29.7 Å². The van der Waals surface area contributed by atoms with Gasteiger partial charge in [0.2, 0.25) is 0 Å². The van der Waals surface area contributed by atoms with Crippen LogP contribution in [0.4, 0.5) is 0 Å². The zero-order valence-corrected chi connectivity index (χ0v) is 10.4. The predicted molar refractivity (Wildman–Crippen MR) is 63.9 cm³/mol. The van der Waals surface area contributed by atoms with Crippen LogP contribution in [0, 0.1) is 0 Å². The van der Waals surface area contributed by atoms with E-state index in [-0.39, 0.29) is 18.1 Å². The fourth-order valence-electron chi connectivity index (χ4n) is 1.48. The minimum Gasteiger partial charge on any atom is -0.326 e. The molecule has 0 spiro atoms. The summed E-state index contributed by atoms with van der Waals surface area (Å²) in [7, 11) is -3.60. The lowest BCUT2D eigenvalue weighted by atomic mass is 10.4. The lowest BCUT2D eigenvalue weighted by molar-refractivity contribution is 0.556. The first-order chi connectivity index (χ1) is 8.63. The summed E-state index contributed by atoms with van der Waals surface area (Å²) in [6.07, 6.45) is 4.80. The highest BCUT2D eigenvalue weighted by atomic mass is 32.2. The van der Waals surface area contributed by atoms with Gasteiger partial charge in [0.25, 0.3) is 10.0 Å². The maximum absolute atomic E-state index is 11.9. The van der Waals surface area contributed by atoms with Crippen LogP contribution in [0.5, 0.6) is 0 Å². The first-order valence-electron chi connectivity index (χ1n) is 5.33. The molecule has 0 aliphatic rings. The highest BCUT2D eigenvalue weighted by molar-refractivity contribution is 7.89. The average molecular weight is 270 g/mol. The summed E-state index contributed by atoms with van der Waals surface area (Å²) < 4.78 is 28.0. The summed E-state index contributed by atoms with van der Waals surface area (Å²) in [4.78, 5) is 0. The molecule has 0 saturated carbocycles. The van der Waals surface area contributed by atoms with Gasteiger partial charge in [-0.15, -0.1) is 0 Å². The van der Waals surface area contributed by atoms with E-state index < -0.39 is 10.0 Å². The van der Waals surface area contributed by atoms with E-state index in [1.165, 1.54) is 6.20 Å². The van der Waals surface area contributed by atoms with Crippen LogP contribution in [0.1, 0.15) is 5.56 Å². The van der Waals surface area contributed by atoms with Gasteiger partial charge in [-0.3, -0.25) is 9.78 Å². The van der Waals surface area contributed by atoms with Crippen molar-refractivity contribution in [3.05, 3.63) is 30.2 Å². The molecule has 0 saturated heterocycles. The Kier molecular flexibility index (Phi) is 3.75. The molecule has 18 heavy (non-hydrogen) atoms. The van der Waals surface area contributed by atoms with Crippen LogP contribution < -0.4 is 10.5 Å². The van der Waals surface area contributed by atoms with E-state index in [0.717, 1.165) is 0 Å². The summed E-state index contributed by atoms with van der Waals surface area (Å²) in [5.74, 6) is 0. The van der Waals surface area contributed by atoms with Gasteiger partial charge in [0.05, 0.1) is 12.7 Å². The van der Waals surface area contributed by atoms with Gasteiger partial charge in [-0.25, -0.2) is 13.1 Å². The molecule has 0 atom stereocenters. The molecular weight excluding hydrogens is 256 g/mol. The quantitative estimate of drug-likeness (QED) is 0.625. The summed E-state index contributed by atoms with van der Waals surface area (Å²) in [6.45, 7) is 0.817. The van der Waals surface area contributed by atoms with E-state index in [2.05, 4.69) is 20.0 Å². The van der Waals surface area contributed by atoms with Crippen molar-refractivity contribution in [3.63, 3.8) is 0 Å². The van der Waals surface area contributed by atoms with Gasteiger partial charge in [-0.05, 0) is 6.07 Å². The van der Waals surface area contributed by atoms with Crippen LogP contribution in [0.2, 0.25) is 0 Å². The number of sulfonamides is 1. The Morgan fingerprint density at radius 2 is 2.33 bits per heavy atom. The fourth-order valence-corrected chi connectivity index (χ4v) is 2.64. The molecule has 0 radical (unpaired) electrons.